The van der Waals surface area contributed by atoms with Gasteiger partial charge >= 0.3 is 0 Å². The van der Waals surface area contributed by atoms with Gasteiger partial charge in [-0.05, 0) is 104 Å². The van der Waals surface area contributed by atoms with Crippen molar-refractivity contribution < 1.29 is 0 Å². The molecule has 0 nitrogen and oxygen atoms in total. The first kappa shape index (κ1) is 29.4. The zero-order chi connectivity index (χ0) is 29.4. The maximum Gasteiger partial charge on any atom is 0.0215 e. The van der Waals surface area contributed by atoms with E-state index in [4.69, 9.17) is 0 Å². The molecule has 0 atom stereocenters. The molecule has 214 valence electrons. The molecule has 0 heteroatoms. The predicted octanol–water partition coefficient (Wildman–Crippen LogP) is 12.3. The van der Waals surface area contributed by atoms with Crippen molar-refractivity contribution >= 4 is 0 Å². The highest BCUT2D eigenvalue weighted by Crippen LogP contribution is 2.55. The molecule has 0 saturated heterocycles. The van der Waals surface area contributed by atoms with E-state index in [2.05, 4.69) is 140 Å². The second-order valence-electron chi connectivity index (χ2n) is 13.7. The lowest BCUT2D eigenvalue weighted by Crippen LogP contribution is -2.25. The fraction of sp³-hybridized carbons (Fsp3) is 0.415. The summed E-state index contributed by atoms with van der Waals surface area (Å²) in [4.78, 5) is 0. The molecule has 0 spiro atoms. The zero-order valence-electron chi connectivity index (χ0n) is 26.8. The highest BCUT2D eigenvalue weighted by atomic mass is 14.4. The van der Waals surface area contributed by atoms with E-state index in [1.807, 2.05) is 0 Å². The van der Waals surface area contributed by atoms with Gasteiger partial charge in [0.2, 0.25) is 0 Å². The maximum absolute atomic E-state index is 2.53. The Bertz CT molecular complexity index is 1380. The van der Waals surface area contributed by atoms with Crippen molar-refractivity contribution in [2.24, 2.45) is 0 Å². The van der Waals surface area contributed by atoms with Crippen LogP contribution in [0.5, 0.6) is 0 Å². The maximum atomic E-state index is 2.53. The SMILES string of the molecule is CCCC1(CCC)c2cc(-c3ccc(C(C)(C)CC)cc3)ccc2-c2ccc(-c3ccc(C(C)(C)CC)cc3)cc21. The van der Waals surface area contributed by atoms with Gasteiger partial charge < -0.3 is 0 Å². The standard InChI is InChI=1S/C41H50/c1-9-25-41(26-10-2)37-27-31(29-13-19-33(20-14-29)39(5,6)11-3)17-23-35(37)36-24-18-32(28-38(36)41)30-15-21-34(22-16-30)40(7,8)12-4/h13-24,27-28H,9-12,25-26H2,1-8H3. The largest absolute Gasteiger partial charge is 0.0653 e. The number of fused-ring (bicyclic) bond motifs is 3. The van der Waals surface area contributed by atoms with Gasteiger partial charge in [0.25, 0.3) is 0 Å². The second kappa shape index (κ2) is 11.3. The average Bonchev–Trinajstić information content (AvgIpc) is 3.26. The summed E-state index contributed by atoms with van der Waals surface area (Å²) < 4.78 is 0. The normalized spacial score (nSPS) is 14.1. The molecule has 0 aliphatic heterocycles. The molecule has 0 radical (unpaired) electrons. The van der Waals surface area contributed by atoms with Gasteiger partial charge in [0.1, 0.15) is 0 Å². The van der Waals surface area contributed by atoms with Crippen LogP contribution >= 0.6 is 0 Å². The van der Waals surface area contributed by atoms with Crippen molar-refractivity contribution in [1.82, 2.24) is 0 Å². The minimum Gasteiger partial charge on any atom is -0.0653 e. The van der Waals surface area contributed by atoms with Crippen molar-refractivity contribution in [2.75, 3.05) is 0 Å². The number of rotatable bonds is 10. The van der Waals surface area contributed by atoms with Gasteiger partial charge in [0.15, 0.2) is 0 Å². The lowest BCUT2D eigenvalue weighted by atomic mass is 9.71. The first-order valence-corrected chi connectivity index (χ1v) is 16.1. The zero-order valence-corrected chi connectivity index (χ0v) is 26.8. The van der Waals surface area contributed by atoms with E-state index in [1.54, 1.807) is 0 Å². The third kappa shape index (κ3) is 5.20. The van der Waals surface area contributed by atoms with E-state index in [1.165, 1.54) is 81.3 Å². The minimum absolute atomic E-state index is 0.0640. The summed E-state index contributed by atoms with van der Waals surface area (Å²) in [5.41, 5.74) is 14.5. The average molecular weight is 543 g/mol. The van der Waals surface area contributed by atoms with Crippen molar-refractivity contribution in [3.05, 3.63) is 107 Å². The number of hydrogen-bond donors (Lipinski definition) is 0. The van der Waals surface area contributed by atoms with E-state index < -0.39 is 0 Å². The molecule has 0 fully saturated rings. The van der Waals surface area contributed by atoms with E-state index >= 15 is 0 Å². The topological polar surface area (TPSA) is 0 Å². The molecule has 0 aromatic heterocycles. The molecule has 0 N–H and O–H groups in total. The van der Waals surface area contributed by atoms with Crippen LogP contribution in [0, 0.1) is 0 Å². The highest BCUT2D eigenvalue weighted by molar-refractivity contribution is 5.86. The molecule has 0 unspecified atom stereocenters. The molecule has 4 aromatic carbocycles. The fourth-order valence-corrected chi connectivity index (χ4v) is 7.01. The summed E-state index contributed by atoms with van der Waals surface area (Å²) in [5.74, 6) is 0. The summed E-state index contributed by atoms with van der Waals surface area (Å²) in [6.07, 6.45) is 7.00. The monoisotopic (exact) mass is 542 g/mol. The van der Waals surface area contributed by atoms with Crippen LogP contribution in [0.1, 0.15) is 116 Å². The van der Waals surface area contributed by atoms with Gasteiger partial charge in [-0.1, -0.05) is 141 Å². The Morgan fingerprint density at radius 1 is 0.463 bits per heavy atom. The Morgan fingerprint density at radius 2 is 0.805 bits per heavy atom. The molecular weight excluding hydrogens is 492 g/mol. The van der Waals surface area contributed by atoms with Crippen LogP contribution in [0.4, 0.5) is 0 Å². The van der Waals surface area contributed by atoms with Crippen LogP contribution in [0.2, 0.25) is 0 Å². The van der Waals surface area contributed by atoms with Gasteiger partial charge in [-0.15, -0.1) is 0 Å². The molecule has 5 rings (SSSR count). The third-order valence-electron chi connectivity index (χ3n) is 10.5. The number of hydrogen-bond acceptors (Lipinski definition) is 0. The lowest BCUT2D eigenvalue weighted by Gasteiger charge is -2.32. The summed E-state index contributed by atoms with van der Waals surface area (Å²) in [6, 6.07) is 33.2. The Morgan fingerprint density at radius 3 is 1.12 bits per heavy atom. The van der Waals surface area contributed by atoms with Crippen LogP contribution in [-0.2, 0) is 16.2 Å². The quantitative estimate of drug-likeness (QED) is 0.187. The van der Waals surface area contributed by atoms with Crippen LogP contribution in [-0.4, -0.2) is 0 Å². The molecular formula is C41H50. The molecule has 41 heavy (non-hydrogen) atoms. The van der Waals surface area contributed by atoms with Gasteiger partial charge in [0, 0.05) is 5.41 Å². The van der Waals surface area contributed by atoms with Gasteiger partial charge in [-0.25, -0.2) is 0 Å². The Balaban J connectivity index is 1.59. The van der Waals surface area contributed by atoms with Crippen molar-refractivity contribution in [3.8, 4) is 33.4 Å². The number of benzene rings is 4. The van der Waals surface area contributed by atoms with Crippen molar-refractivity contribution in [2.45, 2.75) is 110 Å². The molecule has 0 heterocycles. The molecule has 0 amide bonds. The first-order valence-electron chi connectivity index (χ1n) is 16.1. The Labute approximate surface area is 250 Å². The second-order valence-corrected chi connectivity index (χ2v) is 13.7. The van der Waals surface area contributed by atoms with Gasteiger partial charge in [-0.2, -0.15) is 0 Å². The van der Waals surface area contributed by atoms with E-state index in [-0.39, 0.29) is 16.2 Å². The summed E-state index contributed by atoms with van der Waals surface area (Å²) >= 11 is 0. The van der Waals surface area contributed by atoms with E-state index in [9.17, 15) is 0 Å². The smallest absolute Gasteiger partial charge is 0.0215 e. The third-order valence-corrected chi connectivity index (χ3v) is 10.5. The Hall–Kier alpha value is -3.12. The van der Waals surface area contributed by atoms with E-state index in [0.29, 0.717) is 0 Å². The predicted molar refractivity (Wildman–Crippen MR) is 180 cm³/mol. The molecule has 0 saturated carbocycles. The molecule has 0 bridgehead atoms. The van der Waals surface area contributed by atoms with Crippen LogP contribution < -0.4 is 0 Å². The summed E-state index contributed by atoms with van der Waals surface area (Å²) in [6.45, 7) is 18.6. The van der Waals surface area contributed by atoms with Gasteiger partial charge in [-0.3, -0.25) is 0 Å². The summed E-state index contributed by atoms with van der Waals surface area (Å²) in [7, 11) is 0. The van der Waals surface area contributed by atoms with Crippen LogP contribution in [0.25, 0.3) is 33.4 Å². The van der Waals surface area contributed by atoms with Crippen LogP contribution in [0.15, 0.2) is 84.9 Å². The van der Waals surface area contributed by atoms with Crippen molar-refractivity contribution in [3.63, 3.8) is 0 Å². The first-order chi connectivity index (χ1) is 19.6. The van der Waals surface area contributed by atoms with Crippen molar-refractivity contribution in [1.29, 1.82) is 0 Å². The molecule has 1 aliphatic carbocycles. The minimum atomic E-state index is 0.0640. The van der Waals surface area contributed by atoms with Crippen LogP contribution in [0.3, 0.4) is 0 Å². The van der Waals surface area contributed by atoms with Gasteiger partial charge in [0.05, 0.1) is 0 Å². The molecule has 4 aromatic rings. The fourth-order valence-electron chi connectivity index (χ4n) is 7.01. The molecule has 1 aliphatic rings. The van der Waals surface area contributed by atoms with E-state index in [0.717, 1.165) is 12.8 Å². The lowest BCUT2D eigenvalue weighted by molar-refractivity contribution is 0.436. The summed E-state index contributed by atoms with van der Waals surface area (Å²) in [5, 5.41) is 0. The highest BCUT2D eigenvalue weighted by Gasteiger charge is 2.42. The Kier molecular flexibility index (Phi) is 8.08.